The van der Waals surface area contributed by atoms with Crippen LogP contribution in [0.25, 0.3) is 0 Å². The van der Waals surface area contributed by atoms with Gasteiger partial charge in [-0.15, -0.1) is 0 Å². The van der Waals surface area contributed by atoms with Gasteiger partial charge in [-0.25, -0.2) is 0 Å². The van der Waals surface area contributed by atoms with Crippen molar-refractivity contribution in [2.75, 3.05) is 24.6 Å². The molecule has 0 aliphatic carbocycles. The van der Waals surface area contributed by atoms with E-state index in [2.05, 4.69) is 41.4 Å². The lowest BCUT2D eigenvalue weighted by atomic mass is 10.1. The molecule has 0 radical (unpaired) electrons. The van der Waals surface area contributed by atoms with Gasteiger partial charge in [0, 0.05) is 37.5 Å². The summed E-state index contributed by atoms with van der Waals surface area (Å²) in [4.78, 5) is 2.41. The number of hydrogen-bond donors (Lipinski definition) is 2. The smallest absolute Gasteiger partial charge is 0.0446 e. The van der Waals surface area contributed by atoms with E-state index < -0.39 is 0 Å². The van der Waals surface area contributed by atoms with Crippen LogP contribution in [0.5, 0.6) is 0 Å². The van der Waals surface area contributed by atoms with Crippen LogP contribution in [0.15, 0.2) is 30.3 Å². The number of benzene rings is 1. The number of aliphatic hydroxyl groups excluding tert-OH is 1. The van der Waals surface area contributed by atoms with Crippen molar-refractivity contribution < 1.29 is 5.11 Å². The SMILES string of the molecule is CC1CNC(CCO)CN1c1ccccc1. The lowest BCUT2D eigenvalue weighted by Crippen LogP contribution is -2.55. The van der Waals surface area contributed by atoms with Gasteiger partial charge in [-0.1, -0.05) is 18.2 Å². The predicted octanol–water partition coefficient (Wildman–Crippen LogP) is 1.24. The van der Waals surface area contributed by atoms with Gasteiger partial charge < -0.3 is 15.3 Å². The van der Waals surface area contributed by atoms with E-state index in [1.807, 2.05) is 6.07 Å². The van der Waals surface area contributed by atoms with Crippen LogP contribution < -0.4 is 10.2 Å². The number of nitrogens with zero attached hydrogens (tertiary/aromatic N) is 1. The van der Waals surface area contributed by atoms with E-state index in [9.17, 15) is 0 Å². The van der Waals surface area contributed by atoms with Crippen molar-refractivity contribution in [2.24, 2.45) is 0 Å². The highest BCUT2D eigenvalue weighted by atomic mass is 16.3. The molecule has 2 N–H and O–H groups in total. The van der Waals surface area contributed by atoms with Crippen LogP contribution in [0.3, 0.4) is 0 Å². The predicted molar refractivity (Wildman–Crippen MR) is 66.7 cm³/mol. The molecule has 16 heavy (non-hydrogen) atoms. The summed E-state index contributed by atoms with van der Waals surface area (Å²) in [6.45, 7) is 4.45. The third-order valence-corrected chi connectivity index (χ3v) is 3.22. The van der Waals surface area contributed by atoms with E-state index in [1.165, 1.54) is 5.69 Å². The summed E-state index contributed by atoms with van der Waals surface area (Å²) in [5.41, 5.74) is 1.28. The lowest BCUT2D eigenvalue weighted by molar-refractivity contribution is 0.255. The van der Waals surface area contributed by atoms with Crippen LogP contribution in [0, 0.1) is 0 Å². The van der Waals surface area contributed by atoms with Gasteiger partial charge in [0.15, 0.2) is 0 Å². The summed E-state index contributed by atoms with van der Waals surface area (Å²) in [7, 11) is 0. The highest BCUT2D eigenvalue weighted by Gasteiger charge is 2.24. The molecule has 0 amide bonds. The fraction of sp³-hybridized carbons (Fsp3) is 0.538. The molecule has 2 atom stereocenters. The average Bonchev–Trinajstić information content (AvgIpc) is 2.33. The summed E-state index contributed by atoms with van der Waals surface area (Å²) < 4.78 is 0. The van der Waals surface area contributed by atoms with Crippen molar-refractivity contribution in [3.8, 4) is 0 Å². The first-order valence-electron chi connectivity index (χ1n) is 5.97. The molecule has 1 aliphatic rings. The first kappa shape index (κ1) is 11.4. The first-order chi connectivity index (χ1) is 7.81. The maximum absolute atomic E-state index is 8.98. The Balaban J connectivity index is 2.07. The molecule has 1 heterocycles. The van der Waals surface area contributed by atoms with Gasteiger partial charge in [-0.3, -0.25) is 0 Å². The zero-order chi connectivity index (χ0) is 11.4. The highest BCUT2D eigenvalue weighted by molar-refractivity contribution is 5.47. The summed E-state index contributed by atoms with van der Waals surface area (Å²) in [5.74, 6) is 0. The van der Waals surface area contributed by atoms with Crippen LogP contribution in [0.2, 0.25) is 0 Å². The topological polar surface area (TPSA) is 35.5 Å². The van der Waals surface area contributed by atoms with E-state index in [0.29, 0.717) is 12.1 Å². The fourth-order valence-electron chi connectivity index (χ4n) is 2.26. The second kappa shape index (κ2) is 5.32. The zero-order valence-corrected chi connectivity index (χ0v) is 9.76. The van der Waals surface area contributed by atoms with E-state index >= 15 is 0 Å². The van der Waals surface area contributed by atoms with Crippen LogP contribution in [-0.4, -0.2) is 36.9 Å². The zero-order valence-electron chi connectivity index (χ0n) is 9.76. The minimum atomic E-state index is 0.259. The number of anilines is 1. The van der Waals surface area contributed by atoms with Crippen molar-refractivity contribution in [1.29, 1.82) is 0 Å². The molecule has 0 saturated carbocycles. The molecule has 0 bridgehead atoms. The summed E-state index contributed by atoms with van der Waals surface area (Å²) in [6.07, 6.45) is 0.829. The first-order valence-corrected chi connectivity index (χ1v) is 5.97. The number of nitrogens with one attached hydrogen (secondary N) is 1. The van der Waals surface area contributed by atoms with Crippen molar-refractivity contribution >= 4 is 5.69 Å². The van der Waals surface area contributed by atoms with Gasteiger partial charge in [-0.05, 0) is 25.5 Å². The van der Waals surface area contributed by atoms with Gasteiger partial charge in [0.25, 0.3) is 0 Å². The number of para-hydroxylation sites is 1. The maximum Gasteiger partial charge on any atom is 0.0446 e. The third-order valence-electron chi connectivity index (χ3n) is 3.22. The Hall–Kier alpha value is -1.06. The van der Waals surface area contributed by atoms with E-state index in [4.69, 9.17) is 5.11 Å². The Morgan fingerprint density at radius 2 is 2.12 bits per heavy atom. The fourth-order valence-corrected chi connectivity index (χ4v) is 2.26. The molecule has 1 fully saturated rings. The molecule has 88 valence electrons. The van der Waals surface area contributed by atoms with Gasteiger partial charge >= 0.3 is 0 Å². The van der Waals surface area contributed by atoms with Gasteiger partial charge in [0.2, 0.25) is 0 Å². The van der Waals surface area contributed by atoms with E-state index in [0.717, 1.165) is 19.5 Å². The molecule has 2 unspecified atom stereocenters. The van der Waals surface area contributed by atoms with Crippen LogP contribution >= 0.6 is 0 Å². The molecule has 3 nitrogen and oxygen atoms in total. The monoisotopic (exact) mass is 220 g/mol. The van der Waals surface area contributed by atoms with Gasteiger partial charge in [-0.2, -0.15) is 0 Å². The normalized spacial score (nSPS) is 25.8. The van der Waals surface area contributed by atoms with Gasteiger partial charge in [0.05, 0.1) is 0 Å². The number of aliphatic hydroxyl groups is 1. The molecule has 3 heteroatoms. The van der Waals surface area contributed by atoms with Crippen molar-refractivity contribution in [3.05, 3.63) is 30.3 Å². The molecule has 0 spiro atoms. The van der Waals surface area contributed by atoms with Crippen molar-refractivity contribution in [1.82, 2.24) is 5.32 Å². The lowest BCUT2D eigenvalue weighted by Gasteiger charge is -2.40. The van der Waals surface area contributed by atoms with Crippen LogP contribution in [0.1, 0.15) is 13.3 Å². The second-order valence-electron chi connectivity index (χ2n) is 4.45. The highest BCUT2D eigenvalue weighted by Crippen LogP contribution is 2.19. The standard InChI is InChI=1S/C13H20N2O/c1-11-9-14-12(7-8-16)10-15(11)13-5-3-2-4-6-13/h2-6,11-12,14,16H,7-10H2,1H3. The van der Waals surface area contributed by atoms with E-state index in [-0.39, 0.29) is 6.61 Å². The molecule has 1 aromatic carbocycles. The van der Waals surface area contributed by atoms with Gasteiger partial charge in [0.1, 0.15) is 0 Å². The summed E-state index contributed by atoms with van der Waals surface area (Å²) >= 11 is 0. The number of piperazine rings is 1. The van der Waals surface area contributed by atoms with Crippen LogP contribution in [-0.2, 0) is 0 Å². The molecule has 1 aromatic rings. The Kier molecular flexibility index (Phi) is 3.80. The Labute approximate surface area is 97.1 Å². The molecule has 1 aliphatic heterocycles. The number of rotatable bonds is 3. The Bertz CT molecular complexity index is 315. The second-order valence-corrected chi connectivity index (χ2v) is 4.45. The molecule has 1 saturated heterocycles. The minimum Gasteiger partial charge on any atom is -0.396 e. The minimum absolute atomic E-state index is 0.259. The molecule has 2 rings (SSSR count). The molecular weight excluding hydrogens is 200 g/mol. The Morgan fingerprint density at radius 3 is 2.81 bits per heavy atom. The summed E-state index contributed by atoms with van der Waals surface area (Å²) in [6, 6.07) is 11.4. The largest absolute Gasteiger partial charge is 0.396 e. The molecular formula is C13H20N2O. The van der Waals surface area contributed by atoms with Crippen molar-refractivity contribution in [3.63, 3.8) is 0 Å². The van der Waals surface area contributed by atoms with Crippen molar-refractivity contribution in [2.45, 2.75) is 25.4 Å². The number of hydrogen-bond acceptors (Lipinski definition) is 3. The molecule has 0 aromatic heterocycles. The average molecular weight is 220 g/mol. The maximum atomic E-state index is 8.98. The Morgan fingerprint density at radius 1 is 1.38 bits per heavy atom. The summed E-state index contributed by atoms with van der Waals surface area (Å²) in [5, 5.41) is 12.5. The van der Waals surface area contributed by atoms with E-state index in [1.54, 1.807) is 0 Å². The third kappa shape index (κ3) is 2.54. The quantitative estimate of drug-likeness (QED) is 0.804. The van der Waals surface area contributed by atoms with Crippen LogP contribution in [0.4, 0.5) is 5.69 Å².